The molecule has 1 aromatic heterocycles. The van der Waals surface area contributed by atoms with Crippen molar-refractivity contribution in [3.63, 3.8) is 0 Å². The molecule has 1 aromatic rings. The number of aromatic nitrogens is 1. The number of unbranched alkanes of at least 4 members (excludes halogenated alkanes) is 1. The molecule has 0 saturated heterocycles. The number of nitrogens with one attached hydrogen (secondary N) is 1. The predicted molar refractivity (Wildman–Crippen MR) is 72.4 cm³/mol. The lowest BCUT2D eigenvalue weighted by Crippen LogP contribution is -2.30. The number of hydrogen-bond donors (Lipinski definition) is 2. The molecule has 0 spiro atoms. The fraction of sp³-hybridized carbons (Fsp3) is 0.643. The first kappa shape index (κ1) is 15.1. The summed E-state index contributed by atoms with van der Waals surface area (Å²) in [7, 11) is 0. The molecule has 0 fully saturated rings. The molecule has 102 valence electrons. The van der Waals surface area contributed by atoms with E-state index in [0.29, 0.717) is 13.2 Å². The van der Waals surface area contributed by atoms with Crippen LogP contribution in [0.5, 0.6) is 0 Å². The Kier molecular flexibility index (Phi) is 7.57. The minimum absolute atomic E-state index is 0.405. The zero-order valence-corrected chi connectivity index (χ0v) is 11.4. The zero-order valence-electron chi connectivity index (χ0n) is 11.4. The van der Waals surface area contributed by atoms with Gasteiger partial charge in [0.15, 0.2) is 0 Å². The molecule has 1 heterocycles. The van der Waals surface area contributed by atoms with Crippen LogP contribution in [0.1, 0.15) is 30.9 Å². The van der Waals surface area contributed by atoms with Crippen LogP contribution in [-0.4, -0.2) is 36.0 Å². The number of hydrogen-bond acceptors (Lipinski definition) is 4. The molecule has 1 atom stereocenters. The molecule has 4 heteroatoms. The highest BCUT2D eigenvalue weighted by molar-refractivity contribution is 5.21. The van der Waals surface area contributed by atoms with Crippen LogP contribution in [0.15, 0.2) is 18.5 Å². The van der Waals surface area contributed by atoms with Crippen LogP contribution in [0.2, 0.25) is 0 Å². The van der Waals surface area contributed by atoms with Gasteiger partial charge in [-0.1, -0.05) is 13.3 Å². The Morgan fingerprint density at radius 2 is 2.33 bits per heavy atom. The average molecular weight is 252 g/mol. The van der Waals surface area contributed by atoms with Crippen molar-refractivity contribution in [1.82, 2.24) is 10.3 Å². The summed E-state index contributed by atoms with van der Waals surface area (Å²) < 4.78 is 5.36. The lowest BCUT2D eigenvalue weighted by atomic mass is 10.1. The van der Waals surface area contributed by atoms with Crippen LogP contribution in [0.25, 0.3) is 0 Å². The van der Waals surface area contributed by atoms with E-state index in [-0.39, 0.29) is 0 Å². The number of aliphatic hydroxyl groups excluding tert-OH is 1. The third kappa shape index (κ3) is 6.10. The van der Waals surface area contributed by atoms with E-state index in [2.05, 4.69) is 17.2 Å². The highest BCUT2D eigenvalue weighted by Gasteiger charge is 2.04. The summed E-state index contributed by atoms with van der Waals surface area (Å²) in [5.74, 6) is 0. The van der Waals surface area contributed by atoms with Crippen molar-refractivity contribution in [3.8, 4) is 0 Å². The van der Waals surface area contributed by atoms with Gasteiger partial charge < -0.3 is 15.2 Å². The summed E-state index contributed by atoms with van der Waals surface area (Å²) in [6.07, 6.45) is 5.37. The molecule has 2 N–H and O–H groups in total. The van der Waals surface area contributed by atoms with Crippen molar-refractivity contribution in [1.29, 1.82) is 0 Å². The molecule has 0 aliphatic carbocycles. The normalized spacial score (nSPS) is 12.6. The number of ether oxygens (including phenoxy) is 1. The van der Waals surface area contributed by atoms with Crippen molar-refractivity contribution in [2.75, 3.05) is 19.8 Å². The molecule has 0 radical (unpaired) electrons. The lowest BCUT2D eigenvalue weighted by Gasteiger charge is -2.13. The maximum atomic E-state index is 9.70. The second-order valence-corrected chi connectivity index (χ2v) is 4.52. The lowest BCUT2D eigenvalue weighted by molar-refractivity contribution is 0.0358. The molecule has 0 aromatic carbocycles. The predicted octanol–water partition coefficient (Wildman–Crippen LogP) is 1.66. The third-order valence-corrected chi connectivity index (χ3v) is 2.78. The number of rotatable bonds is 9. The molecule has 0 amide bonds. The Bertz CT molecular complexity index is 331. The van der Waals surface area contributed by atoms with Gasteiger partial charge in [-0.05, 0) is 30.5 Å². The highest BCUT2D eigenvalue weighted by Crippen LogP contribution is 2.03. The second-order valence-electron chi connectivity index (χ2n) is 4.52. The molecular formula is C14H24N2O2. The van der Waals surface area contributed by atoms with Crippen LogP contribution < -0.4 is 5.32 Å². The summed E-state index contributed by atoms with van der Waals surface area (Å²) in [5.41, 5.74) is 2.38. The van der Waals surface area contributed by atoms with Gasteiger partial charge in [0.1, 0.15) is 0 Å². The highest BCUT2D eigenvalue weighted by atomic mass is 16.5. The Labute approximate surface area is 109 Å². The van der Waals surface area contributed by atoms with Gasteiger partial charge in [0.2, 0.25) is 0 Å². The van der Waals surface area contributed by atoms with Crippen molar-refractivity contribution in [2.45, 2.75) is 39.3 Å². The summed E-state index contributed by atoms with van der Waals surface area (Å²) in [6.45, 7) is 6.60. The van der Waals surface area contributed by atoms with Gasteiger partial charge in [0.25, 0.3) is 0 Å². The van der Waals surface area contributed by atoms with Crippen LogP contribution in [0.4, 0.5) is 0 Å². The summed E-state index contributed by atoms with van der Waals surface area (Å²) in [4.78, 5) is 4.05. The largest absolute Gasteiger partial charge is 0.389 e. The first-order chi connectivity index (χ1) is 8.74. The smallest absolute Gasteiger partial charge is 0.0897 e. The van der Waals surface area contributed by atoms with Crippen LogP contribution >= 0.6 is 0 Å². The quantitative estimate of drug-likeness (QED) is 0.656. The van der Waals surface area contributed by atoms with Gasteiger partial charge in [-0.25, -0.2) is 0 Å². The molecule has 1 rings (SSSR count). The molecule has 1 unspecified atom stereocenters. The SMILES string of the molecule is CCCCOCC(O)CNCc1ccncc1C. The van der Waals surface area contributed by atoms with Crippen LogP contribution in [0.3, 0.4) is 0 Å². The molecule has 18 heavy (non-hydrogen) atoms. The minimum Gasteiger partial charge on any atom is -0.389 e. The first-order valence-corrected chi connectivity index (χ1v) is 6.60. The van der Waals surface area contributed by atoms with E-state index in [1.807, 2.05) is 19.2 Å². The maximum absolute atomic E-state index is 9.70. The Morgan fingerprint density at radius 3 is 3.06 bits per heavy atom. The van der Waals surface area contributed by atoms with E-state index in [4.69, 9.17) is 4.74 Å². The summed E-state index contributed by atoms with van der Waals surface area (Å²) in [5, 5.41) is 12.9. The van der Waals surface area contributed by atoms with Crippen molar-refractivity contribution in [3.05, 3.63) is 29.6 Å². The number of aryl methyl sites for hydroxylation is 1. The van der Waals surface area contributed by atoms with Gasteiger partial charge in [-0.2, -0.15) is 0 Å². The van der Waals surface area contributed by atoms with Gasteiger partial charge in [-0.3, -0.25) is 4.98 Å². The molecular weight excluding hydrogens is 228 g/mol. The van der Waals surface area contributed by atoms with Gasteiger partial charge in [0.05, 0.1) is 12.7 Å². The van der Waals surface area contributed by atoms with E-state index < -0.39 is 6.10 Å². The zero-order chi connectivity index (χ0) is 13.2. The third-order valence-electron chi connectivity index (χ3n) is 2.78. The Morgan fingerprint density at radius 1 is 1.50 bits per heavy atom. The molecule has 0 saturated carbocycles. The van der Waals surface area contributed by atoms with Crippen LogP contribution in [-0.2, 0) is 11.3 Å². The fourth-order valence-electron chi connectivity index (χ4n) is 1.60. The van der Waals surface area contributed by atoms with Gasteiger partial charge in [0, 0.05) is 32.1 Å². The number of nitrogens with zero attached hydrogens (tertiary/aromatic N) is 1. The standard InChI is InChI=1S/C14H24N2O2/c1-3-4-7-18-11-14(17)10-16-9-13-5-6-15-8-12(13)2/h5-6,8,14,16-17H,3-4,7,9-11H2,1-2H3. The topological polar surface area (TPSA) is 54.4 Å². The number of pyridine rings is 1. The average Bonchev–Trinajstić information content (AvgIpc) is 2.37. The minimum atomic E-state index is -0.441. The Balaban J connectivity index is 2.12. The second kappa shape index (κ2) is 9.03. The van der Waals surface area contributed by atoms with E-state index in [1.54, 1.807) is 6.20 Å². The molecule has 0 aliphatic rings. The van der Waals surface area contributed by atoms with E-state index in [9.17, 15) is 5.11 Å². The van der Waals surface area contributed by atoms with E-state index in [0.717, 1.165) is 26.0 Å². The first-order valence-electron chi connectivity index (χ1n) is 6.60. The Hall–Kier alpha value is -0.970. The monoisotopic (exact) mass is 252 g/mol. The number of aliphatic hydroxyl groups is 1. The van der Waals surface area contributed by atoms with Gasteiger partial charge >= 0.3 is 0 Å². The maximum Gasteiger partial charge on any atom is 0.0897 e. The van der Waals surface area contributed by atoms with Gasteiger partial charge in [-0.15, -0.1) is 0 Å². The summed E-state index contributed by atoms with van der Waals surface area (Å²) >= 11 is 0. The summed E-state index contributed by atoms with van der Waals surface area (Å²) in [6, 6.07) is 1.99. The molecule has 4 nitrogen and oxygen atoms in total. The van der Waals surface area contributed by atoms with E-state index in [1.165, 1.54) is 11.1 Å². The van der Waals surface area contributed by atoms with Crippen molar-refractivity contribution < 1.29 is 9.84 Å². The molecule has 0 aliphatic heterocycles. The van der Waals surface area contributed by atoms with Crippen molar-refractivity contribution >= 4 is 0 Å². The van der Waals surface area contributed by atoms with Crippen molar-refractivity contribution in [2.24, 2.45) is 0 Å². The van der Waals surface area contributed by atoms with Crippen LogP contribution in [0, 0.1) is 6.92 Å². The fourth-order valence-corrected chi connectivity index (χ4v) is 1.60. The van der Waals surface area contributed by atoms with E-state index >= 15 is 0 Å². The molecule has 0 bridgehead atoms.